The highest BCUT2D eigenvalue weighted by Crippen LogP contribution is 2.25. The van der Waals surface area contributed by atoms with E-state index in [0.717, 1.165) is 17.7 Å². The third-order valence-corrected chi connectivity index (χ3v) is 3.42. The monoisotopic (exact) mass is 273 g/mol. The average molecular weight is 274 g/mol. The highest BCUT2D eigenvalue weighted by Gasteiger charge is 2.12. The van der Waals surface area contributed by atoms with Crippen molar-refractivity contribution in [1.29, 1.82) is 0 Å². The first kappa shape index (κ1) is 12.5. The molecule has 1 rings (SSSR count). The third kappa shape index (κ3) is 2.94. The van der Waals surface area contributed by atoms with Crippen LogP contribution in [0.4, 0.5) is 10.1 Å². The van der Waals surface area contributed by atoms with E-state index in [1.165, 1.54) is 6.07 Å². The molecule has 0 bridgehead atoms. The van der Waals surface area contributed by atoms with E-state index in [9.17, 15) is 4.39 Å². The summed E-state index contributed by atoms with van der Waals surface area (Å²) in [6.45, 7) is 4.32. The highest BCUT2D eigenvalue weighted by molar-refractivity contribution is 9.08. The molecule has 1 nitrogen and oxygen atoms in total. The van der Waals surface area contributed by atoms with E-state index in [0.29, 0.717) is 11.4 Å². The summed E-state index contributed by atoms with van der Waals surface area (Å²) in [6, 6.07) is 5.41. The molecule has 0 aromatic heterocycles. The zero-order valence-corrected chi connectivity index (χ0v) is 11.0. The van der Waals surface area contributed by atoms with Crippen LogP contribution >= 0.6 is 15.9 Å². The van der Waals surface area contributed by atoms with Crippen LogP contribution in [-0.2, 0) is 5.33 Å². The Balaban J connectivity index is 3.02. The lowest BCUT2D eigenvalue weighted by atomic mass is 10.1. The largest absolute Gasteiger partial charge is 0.372 e. The van der Waals surface area contributed by atoms with Gasteiger partial charge in [0, 0.05) is 24.1 Å². The molecule has 0 saturated carbocycles. The second kappa shape index (κ2) is 5.50. The van der Waals surface area contributed by atoms with Crippen LogP contribution < -0.4 is 4.90 Å². The molecule has 0 amide bonds. The molecule has 0 aliphatic carbocycles. The van der Waals surface area contributed by atoms with Gasteiger partial charge in [-0.1, -0.05) is 22.9 Å². The Bertz CT molecular complexity index is 327. The number of benzene rings is 1. The van der Waals surface area contributed by atoms with E-state index in [1.54, 1.807) is 6.07 Å². The Hall–Kier alpha value is -0.570. The lowest BCUT2D eigenvalue weighted by Crippen LogP contribution is -2.28. The Morgan fingerprint density at radius 1 is 1.47 bits per heavy atom. The van der Waals surface area contributed by atoms with Crippen molar-refractivity contribution in [3.05, 3.63) is 29.6 Å². The summed E-state index contributed by atoms with van der Waals surface area (Å²) in [5.74, 6) is -0.175. The van der Waals surface area contributed by atoms with Crippen LogP contribution in [0.25, 0.3) is 0 Å². The molecule has 1 atom stereocenters. The lowest BCUT2D eigenvalue weighted by Gasteiger charge is -2.28. The number of anilines is 1. The molecule has 84 valence electrons. The minimum absolute atomic E-state index is 0.175. The first-order valence-corrected chi connectivity index (χ1v) is 6.29. The van der Waals surface area contributed by atoms with Gasteiger partial charge in [-0.2, -0.15) is 0 Å². The van der Waals surface area contributed by atoms with Crippen molar-refractivity contribution in [3.8, 4) is 0 Å². The van der Waals surface area contributed by atoms with Crippen LogP contribution in [0.15, 0.2) is 18.2 Å². The van der Waals surface area contributed by atoms with Gasteiger partial charge in [-0.05, 0) is 37.1 Å². The van der Waals surface area contributed by atoms with Gasteiger partial charge in [-0.15, -0.1) is 0 Å². The minimum Gasteiger partial charge on any atom is -0.372 e. The molecule has 1 aromatic carbocycles. The highest BCUT2D eigenvalue weighted by atomic mass is 79.9. The standard InChI is InChI=1S/C12H17BrFN/c1-4-9(2)15(3)12-6-5-11(14)7-10(12)8-13/h5-7,9H,4,8H2,1-3H3. The second-order valence-corrected chi connectivity index (χ2v) is 4.34. The molecule has 0 saturated heterocycles. The van der Waals surface area contributed by atoms with Gasteiger partial charge in [0.1, 0.15) is 5.82 Å². The summed E-state index contributed by atoms with van der Waals surface area (Å²) in [4.78, 5) is 2.19. The number of hydrogen-bond acceptors (Lipinski definition) is 1. The summed E-state index contributed by atoms with van der Waals surface area (Å²) in [7, 11) is 2.05. The predicted octanol–water partition coefficient (Wildman–Crippen LogP) is 3.96. The van der Waals surface area contributed by atoms with Gasteiger partial charge in [-0.3, -0.25) is 0 Å². The second-order valence-electron chi connectivity index (χ2n) is 3.77. The van der Waals surface area contributed by atoms with Gasteiger partial charge in [0.2, 0.25) is 0 Å². The summed E-state index contributed by atoms with van der Waals surface area (Å²) < 4.78 is 13.0. The Kier molecular flexibility index (Phi) is 4.58. The SMILES string of the molecule is CCC(C)N(C)c1ccc(F)cc1CBr. The van der Waals surface area contributed by atoms with Crippen molar-refractivity contribution in [2.45, 2.75) is 31.6 Å². The first-order chi connectivity index (χ1) is 7.10. The topological polar surface area (TPSA) is 3.24 Å². The third-order valence-electron chi connectivity index (χ3n) is 2.82. The minimum atomic E-state index is -0.175. The summed E-state index contributed by atoms with van der Waals surface area (Å²) in [5, 5.41) is 0.681. The Morgan fingerprint density at radius 2 is 2.13 bits per heavy atom. The first-order valence-electron chi connectivity index (χ1n) is 5.17. The van der Waals surface area contributed by atoms with Crippen molar-refractivity contribution in [3.63, 3.8) is 0 Å². The Labute approximate surface area is 99.4 Å². The molecule has 0 N–H and O–H groups in total. The molecule has 15 heavy (non-hydrogen) atoms. The average Bonchev–Trinajstić information content (AvgIpc) is 2.26. The van der Waals surface area contributed by atoms with Gasteiger partial charge in [0.15, 0.2) is 0 Å². The van der Waals surface area contributed by atoms with Crippen molar-refractivity contribution in [1.82, 2.24) is 0 Å². The molecule has 1 aromatic rings. The van der Waals surface area contributed by atoms with Gasteiger partial charge in [0.05, 0.1) is 0 Å². The van der Waals surface area contributed by atoms with Gasteiger partial charge in [0.25, 0.3) is 0 Å². The summed E-state index contributed by atoms with van der Waals surface area (Å²) in [5.41, 5.74) is 2.10. The van der Waals surface area contributed by atoms with E-state index in [4.69, 9.17) is 0 Å². The molecular weight excluding hydrogens is 257 g/mol. The molecule has 0 aliphatic rings. The summed E-state index contributed by atoms with van der Waals surface area (Å²) in [6.07, 6.45) is 1.08. The number of nitrogens with zero attached hydrogens (tertiary/aromatic N) is 1. The van der Waals surface area contributed by atoms with Crippen molar-refractivity contribution in [2.24, 2.45) is 0 Å². The van der Waals surface area contributed by atoms with Crippen LogP contribution in [0.3, 0.4) is 0 Å². The van der Waals surface area contributed by atoms with E-state index in [1.807, 2.05) is 13.1 Å². The van der Waals surface area contributed by atoms with Crippen LogP contribution in [0.1, 0.15) is 25.8 Å². The number of halogens is 2. The molecule has 0 spiro atoms. The molecule has 0 aliphatic heterocycles. The Morgan fingerprint density at radius 3 is 2.67 bits per heavy atom. The van der Waals surface area contributed by atoms with Gasteiger partial charge < -0.3 is 4.90 Å². The predicted molar refractivity (Wildman–Crippen MR) is 67.2 cm³/mol. The van der Waals surface area contributed by atoms with Gasteiger partial charge >= 0.3 is 0 Å². The van der Waals surface area contributed by atoms with Crippen LogP contribution in [0.2, 0.25) is 0 Å². The number of alkyl halides is 1. The molecule has 0 radical (unpaired) electrons. The van der Waals surface area contributed by atoms with E-state index < -0.39 is 0 Å². The van der Waals surface area contributed by atoms with E-state index >= 15 is 0 Å². The molecule has 0 heterocycles. The molecule has 3 heteroatoms. The molecule has 1 unspecified atom stereocenters. The fourth-order valence-corrected chi connectivity index (χ4v) is 1.97. The number of hydrogen-bond donors (Lipinski definition) is 0. The maximum absolute atomic E-state index is 13.0. The van der Waals surface area contributed by atoms with Crippen molar-refractivity contribution in [2.75, 3.05) is 11.9 Å². The lowest BCUT2D eigenvalue weighted by molar-refractivity contribution is 0.623. The maximum atomic E-state index is 13.0. The zero-order chi connectivity index (χ0) is 11.4. The van der Waals surface area contributed by atoms with Crippen LogP contribution in [0.5, 0.6) is 0 Å². The normalized spacial score (nSPS) is 12.6. The zero-order valence-electron chi connectivity index (χ0n) is 9.43. The van der Waals surface area contributed by atoms with E-state index in [2.05, 4.69) is 34.7 Å². The molecular formula is C12H17BrFN. The number of rotatable bonds is 4. The smallest absolute Gasteiger partial charge is 0.123 e. The fourth-order valence-electron chi connectivity index (χ4n) is 1.52. The van der Waals surface area contributed by atoms with Crippen LogP contribution in [-0.4, -0.2) is 13.1 Å². The summed E-state index contributed by atoms with van der Waals surface area (Å²) >= 11 is 3.39. The maximum Gasteiger partial charge on any atom is 0.123 e. The van der Waals surface area contributed by atoms with Crippen molar-refractivity contribution < 1.29 is 4.39 Å². The fraction of sp³-hybridized carbons (Fsp3) is 0.500. The van der Waals surface area contributed by atoms with E-state index in [-0.39, 0.29) is 5.82 Å². The van der Waals surface area contributed by atoms with Gasteiger partial charge in [-0.25, -0.2) is 4.39 Å². The van der Waals surface area contributed by atoms with Crippen LogP contribution in [0, 0.1) is 5.82 Å². The van der Waals surface area contributed by atoms with Crippen molar-refractivity contribution >= 4 is 21.6 Å². The quantitative estimate of drug-likeness (QED) is 0.751. The molecule has 0 fully saturated rings.